The number of hydrazone groups is 1. The van der Waals surface area contributed by atoms with Gasteiger partial charge >= 0.3 is 0 Å². The second-order valence-corrected chi connectivity index (χ2v) is 9.42. The summed E-state index contributed by atoms with van der Waals surface area (Å²) in [5, 5.41) is 5.44. The Morgan fingerprint density at radius 1 is 1.07 bits per heavy atom. The average Bonchev–Trinajstić information content (AvgIpc) is 3.18. The molecule has 0 saturated heterocycles. The molecule has 3 heterocycles. The second-order valence-electron chi connectivity index (χ2n) is 7.23. The Bertz CT molecular complexity index is 1280. The van der Waals surface area contributed by atoms with E-state index in [2.05, 4.69) is 10.1 Å². The second kappa shape index (κ2) is 7.14. The Balaban J connectivity index is 1.60. The predicted molar refractivity (Wildman–Crippen MR) is 115 cm³/mol. The number of hydrogen-bond acceptors (Lipinski definition) is 6. The summed E-state index contributed by atoms with van der Waals surface area (Å²) in [5.41, 5.74) is 2.81. The normalized spacial score (nSPS) is 18.5. The van der Waals surface area contributed by atoms with Crippen molar-refractivity contribution in [2.24, 2.45) is 5.10 Å². The molecule has 2 aliphatic rings. The predicted octanol–water partition coefficient (Wildman–Crippen LogP) is 3.77. The number of nitrogens with zero attached hydrogens (tertiary/aromatic N) is 3. The van der Waals surface area contributed by atoms with Gasteiger partial charge in [0, 0.05) is 23.4 Å². The minimum absolute atomic E-state index is 0.238. The minimum atomic E-state index is -3.61. The Hall–Kier alpha value is -2.84. The lowest BCUT2D eigenvalue weighted by atomic mass is 9.99. The molecule has 30 heavy (non-hydrogen) atoms. The number of halogens is 1. The first kappa shape index (κ1) is 19.1. The van der Waals surface area contributed by atoms with Gasteiger partial charge in [0.25, 0.3) is 0 Å². The fraction of sp³-hybridized carbons (Fsp3) is 0.238. The molecule has 9 heteroatoms. The van der Waals surface area contributed by atoms with Crippen LogP contribution in [0.15, 0.2) is 53.6 Å². The molecule has 0 amide bonds. The van der Waals surface area contributed by atoms with Gasteiger partial charge in [-0.05, 0) is 17.7 Å². The number of ether oxygens (including phenoxy) is 2. The molecule has 5 rings (SSSR count). The largest absolute Gasteiger partial charge is 0.486 e. The maximum absolute atomic E-state index is 12.5. The van der Waals surface area contributed by atoms with Crippen LogP contribution in [0.25, 0.3) is 10.9 Å². The van der Waals surface area contributed by atoms with Crippen molar-refractivity contribution >= 4 is 38.2 Å². The summed E-state index contributed by atoms with van der Waals surface area (Å²) >= 11 is 6.52. The zero-order valence-electron chi connectivity index (χ0n) is 16.1. The van der Waals surface area contributed by atoms with E-state index < -0.39 is 16.1 Å². The molecule has 0 bridgehead atoms. The maximum atomic E-state index is 12.5. The number of hydrogen-bond donors (Lipinski definition) is 0. The van der Waals surface area contributed by atoms with E-state index in [0.717, 1.165) is 21.6 Å². The van der Waals surface area contributed by atoms with E-state index in [9.17, 15) is 8.42 Å². The smallest absolute Gasteiger partial charge is 0.247 e. The third kappa shape index (κ3) is 3.36. The summed E-state index contributed by atoms with van der Waals surface area (Å²) in [6.07, 6.45) is 1.54. The molecular formula is C21H18ClN3O4S. The molecule has 1 atom stereocenters. The number of rotatable bonds is 3. The van der Waals surface area contributed by atoms with Crippen LogP contribution in [0.2, 0.25) is 5.15 Å². The van der Waals surface area contributed by atoms with Gasteiger partial charge in [0.15, 0.2) is 11.5 Å². The van der Waals surface area contributed by atoms with E-state index >= 15 is 0 Å². The van der Waals surface area contributed by atoms with Crippen molar-refractivity contribution in [2.45, 2.75) is 12.5 Å². The molecule has 7 nitrogen and oxygen atoms in total. The quantitative estimate of drug-likeness (QED) is 0.575. The van der Waals surface area contributed by atoms with Crippen molar-refractivity contribution in [3.8, 4) is 11.5 Å². The van der Waals surface area contributed by atoms with Gasteiger partial charge < -0.3 is 9.47 Å². The first-order valence-corrected chi connectivity index (χ1v) is 11.6. The Kier molecular flexibility index (Phi) is 4.56. The van der Waals surface area contributed by atoms with Crippen LogP contribution in [0.5, 0.6) is 11.5 Å². The van der Waals surface area contributed by atoms with Gasteiger partial charge in [-0.2, -0.15) is 9.52 Å². The third-order valence-electron chi connectivity index (χ3n) is 5.14. The summed E-state index contributed by atoms with van der Waals surface area (Å²) in [6, 6.07) is 14.4. The van der Waals surface area contributed by atoms with E-state index in [0.29, 0.717) is 47.9 Å². The first-order chi connectivity index (χ1) is 14.4. The standard InChI is InChI=1S/C21H18ClN3O4S/c1-30(26,27)25-18(11-17(24-25)13-5-3-2-4-6-13)15-9-14-10-19-20(29-8-7-28-19)12-16(14)23-21(15)22/h2-6,9-10,12,18H,7-8,11H2,1H3/t18-/m0/s1. The highest BCUT2D eigenvalue weighted by molar-refractivity contribution is 7.88. The Morgan fingerprint density at radius 3 is 2.47 bits per heavy atom. The highest BCUT2D eigenvalue weighted by Gasteiger charge is 2.36. The summed E-state index contributed by atoms with van der Waals surface area (Å²) in [7, 11) is -3.61. The minimum Gasteiger partial charge on any atom is -0.486 e. The van der Waals surface area contributed by atoms with E-state index in [-0.39, 0.29) is 5.15 Å². The van der Waals surface area contributed by atoms with Gasteiger partial charge in [-0.25, -0.2) is 13.4 Å². The molecule has 2 aliphatic heterocycles. The van der Waals surface area contributed by atoms with Crippen molar-refractivity contribution in [1.82, 2.24) is 9.40 Å². The third-order valence-corrected chi connectivity index (χ3v) is 6.46. The number of sulfonamides is 1. The van der Waals surface area contributed by atoms with Crippen LogP contribution in [0.4, 0.5) is 0 Å². The molecule has 0 fully saturated rings. The summed E-state index contributed by atoms with van der Waals surface area (Å²) < 4.78 is 37.4. The van der Waals surface area contributed by atoms with E-state index in [1.807, 2.05) is 42.5 Å². The van der Waals surface area contributed by atoms with Gasteiger partial charge in [0.2, 0.25) is 10.0 Å². The van der Waals surface area contributed by atoms with Crippen molar-refractivity contribution in [3.05, 3.63) is 64.8 Å². The van der Waals surface area contributed by atoms with Gasteiger partial charge in [0.1, 0.15) is 18.4 Å². The lowest BCUT2D eigenvalue weighted by molar-refractivity contribution is 0.172. The van der Waals surface area contributed by atoms with Crippen molar-refractivity contribution in [3.63, 3.8) is 0 Å². The van der Waals surface area contributed by atoms with Crippen molar-refractivity contribution < 1.29 is 17.9 Å². The van der Waals surface area contributed by atoms with Crippen LogP contribution < -0.4 is 9.47 Å². The molecule has 0 unspecified atom stereocenters. The van der Waals surface area contributed by atoms with Crippen LogP contribution >= 0.6 is 11.6 Å². The van der Waals surface area contributed by atoms with Gasteiger partial charge in [-0.1, -0.05) is 41.9 Å². The van der Waals surface area contributed by atoms with Gasteiger partial charge in [-0.3, -0.25) is 0 Å². The number of aromatic nitrogens is 1. The van der Waals surface area contributed by atoms with Gasteiger partial charge in [-0.15, -0.1) is 0 Å². The molecule has 3 aromatic rings. The molecule has 0 aliphatic carbocycles. The highest BCUT2D eigenvalue weighted by Crippen LogP contribution is 2.40. The fourth-order valence-electron chi connectivity index (χ4n) is 3.77. The molecule has 1 aromatic heterocycles. The van der Waals surface area contributed by atoms with Crippen LogP contribution in [0.1, 0.15) is 23.6 Å². The molecule has 0 spiro atoms. The Labute approximate surface area is 178 Å². The van der Waals surface area contributed by atoms with E-state index in [1.165, 1.54) is 0 Å². The van der Waals surface area contributed by atoms with Crippen LogP contribution in [-0.4, -0.2) is 43.0 Å². The van der Waals surface area contributed by atoms with Crippen LogP contribution in [0, 0.1) is 0 Å². The molecule has 154 valence electrons. The van der Waals surface area contributed by atoms with Gasteiger partial charge in [0.05, 0.1) is 23.5 Å². The fourth-order valence-corrected chi connectivity index (χ4v) is 4.94. The number of pyridine rings is 1. The summed E-state index contributed by atoms with van der Waals surface area (Å²) in [5.74, 6) is 1.26. The molecule has 0 N–H and O–H groups in total. The summed E-state index contributed by atoms with van der Waals surface area (Å²) in [4.78, 5) is 4.50. The average molecular weight is 444 g/mol. The Morgan fingerprint density at radius 2 is 1.77 bits per heavy atom. The van der Waals surface area contributed by atoms with E-state index in [4.69, 9.17) is 21.1 Å². The van der Waals surface area contributed by atoms with Crippen molar-refractivity contribution in [2.75, 3.05) is 19.5 Å². The lowest BCUT2D eigenvalue weighted by Crippen LogP contribution is -2.26. The first-order valence-electron chi connectivity index (χ1n) is 9.42. The maximum Gasteiger partial charge on any atom is 0.247 e. The lowest BCUT2D eigenvalue weighted by Gasteiger charge is -2.23. The van der Waals surface area contributed by atoms with E-state index in [1.54, 1.807) is 6.07 Å². The zero-order valence-corrected chi connectivity index (χ0v) is 17.7. The number of fused-ring (bicyclic) bond motifs is 2. The van der Waals surface area contributed by atoms with Crippen LogP contribution in [0.3, 0.4) is 0 Å². The zero-order chi connectivity index (χ0) is 20.9. The molecular weight excluding hydrogens is 426 g/mol. The highest BCUT2D eigenvalue weighted by atomic mass is 35.5. The molecule has 2 aromatic carbocycles. The van der Waals surface area contributed by atoms with Crippen LogP contribution in [-0.2, 0) is 10.0 Å². The molecule has 0 saturated carbocycles. The van der Waals surface area contributed by atoms with Crippen molar-refractivity contribution in [1.29, 1.82) is 0 Å². The monoisotopic (exact) mass is 443 g/mol. The topological polar surface area (TPSA) is 81.1 Å². The summed E-state index contributed by atoms with van der Waals surface area (Å²) in [6.45, 7) is 0.959. The SMILES string of the molecule is CS(=O)(=O)N1N=C(c2ccccc2)C[C@H]1c1cc2cc3c(cc2nc1Cl)OCCO3. The number of benzene rings is 2. The molecule has 0 radical (unpaired) electrons.